The van der Waals surface area contributed by atoms with Gasteiger partial charge >= 0.3 is 0 Å². The third-order valence-corrected chi connectivity index (χ3v) is 2.96. The Kier molecular flexibility index (Phi) is 2.39. The lowest BCUT2D eigenvalue weighted by atomic mass is 9.97. The molecule has 0 aliphatic heterocycles. The topological polar surface area (TPSA) is 37.3 Å². The molecule has 1 fully saturated rings. The van der Waals surface area contributed by atoms with Crippen molar-refractivity contribution in [1.82, 2.24) is 0 Å². The van der Waals surface area contributed by atoms with Crippen LogP contribution in [0.1, 0.15) is 31.7 Å². The summed E-state index contributed by atoms with van der Waals surface area (Å²) in [7, 11) is 0. The van der Waals surface area contributed by atoms with Crippen molar-refractivity contribution < 1.29 is 9.90 Å². The zero-order valence-electron chi connectivity index (χ0n) is 9.10. The molecular formula is C13H16O2. The van der Waals surface area contributed by atoms with Gasteiger partial charge in [0, 0.05) is 5.92 Å². The van der Waals surface area contributed by atoms with Crippen LogP contribution in [0, 0.1) is 5.92 Å². The Bertz CT molecular complexity index is 362. The third-order valence-electron chi connectivity index (χ3n) is 2.96. The van der Waals surface area contributed by atoms with E-state index in [2.05, 4.69) is 0 Å². The van der Waals surface area contributed by atoms with Crippen LogP contribution in [0.5, 0.6) is 0 Å². The molecule has 1 aromatic rings. The Balaban J connectivity index is 2.06. The largest absolute Gasteiger partial charge is 0.383 e. The highest BCUT2D eigenvalue weighted by molar-refractivity contribution is 5.91. The molecule has 0 unspecified atom stereocenters. The van der Waals surface area contributed by atoms with Gasteiger partial charge < -0.3 is 5.11 Å². The summed E-state index contributed by atoms with van der Waals surface area (Å²) in [6.07, 6.45) is 0.882. The van der Waals surface area contributed by atoms with Crippen LogP contribution in [0.15, 0.2) is 30.3 Å². The minimum absolute atomic E-state index is 0.0207. The molecule has 0 amide bonds. The molecule has 0 heterocycles. The average Bonchev–Trinajstić information content (AvgIpc) is 2.96. The van der Waals surface area contributed by atoms with Gasteiger partial charge in [-0.05, 0) is 31.7 Å². The summed E-state index contributed by atoms with van der Waals surface area (Å²) >= 11 is 0. The third kappa shape index (κ3) is 2.10. The highest BCUT2D eigenvalue weighted by Gasteiger charge is 2.47. The lowest BCUT2D eigenvalue weighted by Gasteiger charge is -2.15. The fourth-order valence-corrected chi connectivity index (χ4v) is 2.01. The number of carbonyl (C=O) groups is 1. The summed E-state index contributed by atoms with van der Waals surface area (Å²) in [4.78, 5) is 11.8. The van der Waals surface area contributed by atoms with Gasteiger partial charge in [0.25, 0.3) is 0 Å². The van der Waals surface area contributed by atoms with Crippen molar-refractivity contribution in [2.24, 2.45) is 5.92 Å². The number of Topliss-reactive ketones (excluding diaryl/α,β-unsaturated/α-hetero) is 1. The molecule has 1 aromatic carbocycles. The second-order valence-electron chi connectivity index (χ2n) is 4.78. The molecule has 1 aliphatic rings. The van der Waals surface area contributed by atoms with Gasteiger partial charge in [-0.2, -0.15) is 0 Å². The molecule has 2 rings (SSSR count). The monoisotopic (exact) mass is 204 g/mol. The summed E-state index contributed by atoms with van der Waals surface area (Å²) in [6, 6.07) is 10.0. The molecule has 1 saturated carbocycles. The smallest absolute Gasteiger partial charge is 0.167 e. The normalized spacial score (nSPS) is 25.0. The first-order chi connectivity index (χ1) is 7.00. The van der Waals surface area contributed by atoms with Crippen LogP contribution in [0.25, 0.3) is 0 Å². The van der Waals surface area contributed by atoms with Crippen LogP contribution >= 0.6 is 0 Å². The van der Waals surface area contributed by atoms with Gasteiger partial charge in [-0.25, -0.2) is 0 Å². The summed E-state index contributed by atoms with van der Waals surface area (Å²) in [5, 5.41) is 9.61. The Morgan fingerprint density at radius 1 is 1.33 bits per heavy atom. The summed E-state index contributed by atoms with van der Waals surface area (Å²) in [6.45, 7) is 3.13. The first-order valence-corrected chi connectivity index (χ1v) is 5.32. The highest BCUT2D eigenvalue weighted by atomic mass is 16.3. The van der Waals surface area contributed by atoms with E-state index >= 15 is 0 Å². The van der Waals surface area contributed by atoms with Crippen LogP contribution in [0.2, 0.25) is 0 Å². The van der Waals surface area contributed by atoms with Gasteiger partial charge in [0.15, 0.2) is 5.78 Å². The second-order valence-corrected chi connectivity index (χ2v) is 4.78. The number of rotatable bonds is 3. The van der Waals surface area contributed by atoms with Crippen LogP contribution in [0.4, 0.5) is 0 Å². The van der Waals surface area contributed by atoms with Crippen LogP contribution in [-0.4, -0.2) is 16.5 Å². The Labute approximate surface area is 89.9 Å². The standard InChI is InChI=1S/C13H16O2/c1-13(2,15)12(14)11-8-10(11)9-6-4-3-5-7-9/h3-7,10-11,15H,8H2,1-2H3/t10-,11-/m1/s1. The summed E-state index contributed by atoms with van der Waals surface area (Å²) in [5.74, 6) is 0.314. The van der Waals surface area contributed by atoms with Gasteiger partial charge in [-0.15, -0.1) is 0 Å². The molecule has 0 radical (unpaired) electrons. The summed E-state index contributed by atoms with van der Waals surface area (Å²) in [5.41, 5.74) is 0.0221. The number of benzene rings is 1. The molecule has 15 heavy (non-hydrogen) atoms. The molecular weight excluding hydrogens is 188 g/mol. The fraction of sp³-hybridized carbons (Fsp3) is 0.462. The maximum Gasteiger partial charge on any atom is 0.167 e. The zero-order chi connectivity index (χ0) is 11.1. The lowest BCUT2D eigenvalue weighted by molar-refractivity contribution is -0.135. The minimum Gasteiger partial charge on any atom is -0.383 e. The molecule has 0 saturated heterocycles. The number of aliphatic hydroxyl groups is 1. The van der Waals surface area contributed by atoms with Crippen molar-refractivity contribution >= 4 is 5.78 Å². The Morgan fingerprint density at radius 2 is 1.93 bits per heavy atom. The number of hydrogen-bond donors (Lipinski definition) is 1. The van der Waals surface area contributed by atoms with Crippen molar-refractivity contribution in [2.75, 3.05) is 0 Å². The number of carbonyl (C=O) groups excluding carboxylic acids is 1. The predicted molar refractivity (Wildman–Crippen MR) is 58.6 cm³/mol. The number of ketones is 1. The molecule has 0 aromatic heterocycles. The van der Waals surface area contributed by atoms with E-state index in [1.165, 1.54) is 5.56 Å². The quantitative estimate of drug-likeness (QED) is 0.819. The van der Waals surface area contributed by atoms with Crippen molar-refractivity contribution in [3.05, 3.63) is 35.9 Å². The average molecular weight is 204 g/mol. The Hall–Kier alpha value is -1.15. The first-order valence-electron chi connectivity index (χ1n) is 5.32. The molecule has 80 valence electrons. The van der Waals surface area contributed by atoms with Crippen LogP contribution in [-0.2, 0) is 4.79 Å². The van der Waals surface area contributed by atoms with Gasteiger partial charge in [-0.3, -0.25) is 4.79 Å². The maximum atomic E-state index is 11.8. The first kappa shape index (κ1) is 10.4. The van der Waals surface area contributed by atoms with Crippen molar-refractivity contribution in [2.45, 2.75) is 31.8 Å². The molecule has 1 N–H and O–H groups in total. The van der Waals surface area contributed by atoms with Crippen molar-refractivity contribution in [3.8, 4) is 0 Å². The van der Waals surface area contributed by atoms with Crippen LogP contribution in [0.3, 0.4) is 0 Å². The molecule has 0 spiro atoms. The molecule has 2 nitrogen and oxygen atoms in total. The second kappa shape index (κ2) is 3.46. The maximum absolute atomic E-state index is 11.8. The van der Waals surface area contributed by atoms with Crippen molar-refractivity contribution in [1.29, 1.82) is 0 Å². The van der Waals surface area contributed by atoms with E-state index in [0.29, 0.717) is 5.92 Å². The van der Waals surface area contributed by atoms with Gasteiger partial charge in [0.2, 0.25) is 0 Å². The predicted octanol–water partition coefficient (Wildman–Crippen LogP) is 2.13. The molecule has 2 heteroatoms. The van der Waals surface area contributed by atoms with E-state index in [0.717, 1.165) is 6.42 Å². The van der Waals surface area contributed by atoms with Crippen LogP contribution < -0.4 is 0 Å². The van der Waals surface area contributed by atoms with E-state index in [1.54, 1.807) is 13.8 Å². The van der Waals surface area contributed by atoms with E-state index in [4.69, 9.17) is 0 Å². The van der Waals surface area contributed by atoms with Crippen molar-refractivity contribution in [3.63, 3.8) is 0 Å². The van der Waals surface area contributed by atoms with E-state index in [9.17, 15) is 9.90 Å². The molecule has 1 aliphatic carbocycles. The number of hydrogen-bond acceptors (Lipinski definition) is 2. The van der Waals surface area contributed by atoms with E-state index in [1.807, 2.05) is 30.3 Å². The highest BCUT2D eigenvalue weighted by Crippen LogP contribution is 2.49. The lowest BCUT2D eigenvalue weighted by Crippen LogP contribution is -2.32. The van der Waals surface area contributed by atoms with E-state index in [-0.39, 0.29) is 11.7 Å². The molecule has 2 atom stereocenters. The van der Waals surface area contributed by atoms with E-state index < -0.39 is 5.60 Å². The van der Waals surface area contributed by atoms with Gasteiger partial charge in [-0.1, -0.05) is 30.3 Å². The Morgan fingerprint density at radius 3 is 2.47 bits per heavy atom. The van der Waals surface area contributed by atoms with Gasteiger partial charge in [0.1, 0.15) is 5.60 Å². The molecule has 0 bridgehead atoms. The minimum atomic E-state index is -1.19. The summed E-state index contributed by atoms with van der Waals surface area (Å²) < 4.78 is 0. The zero-order valence-corrected chi connectivity index (χ0v) is 9.10. The SMILES string of the molecule is CC(C)(O)C(=O)[C@@H]1C[C@@H]1c1ccccc1. The van der Waals surface area contributed by atoms with Gasteiger partial charge in [0.05, 0.1) is 0 Å². The fourth-order valence-electron chi connectivity index (χ4n) is 2.01.